The van der Waals surface area contributed by atoms with Crippen molar-refractivity contribution < 1.29 is 18.4 Å². The van der Waals surface area contributed by atoms with E-state index in [1.807, 2.05) is 30.3 Å². The number of rotatable bonds is 8. The minimum atomic E-state index is -0.800. The van der Waals surface area contributed by atoms with Gasteiger partial charge in [0, 0.05) is 44.5 Å². The van der Waals surface area contributed by atoms with E-state index in [0.29, 0.717) is 25.1 Å². The highest BCUT2D eigenvalue weighted by Gasteiger charge is 2.23. The summed E-state index contributed by atoms with van der Waals surface area (Å²) in [6.45, 7) is 0.344. The van der Waals surface area contributed by atoms with Crippen LogP contribution in [-0.4, -0.2) is 40.9 Å². The minimum absolute atomic E-state index is 0.0501. The van der Waals surface area contributed by atoms with E-state index in [2.05, 4.69) is 5.32 Å². The number of aryl methyl sites for hydroxylation is 1. The summed E-state index contributed by atoms with van der Waals surface area (Å²) >= 11 is 0. The van der Waals surface area contributed by atoms with Crippen molar-refractivity contribution in [3.05, 3.63) is 95.3 Å². The molecule has 0 unspecified atom stereocenters. The van der Waals surface area contributed by atoms with Crippen LogP contribution in [0.25, 0.3) is 0 Å². The zero-order chi connectivity index (χ0) is 22.4. The monoisotopic (exact) mass is 425 g/mol. The van der Waals surface area contributed by atoms with Gasteiger partial charge < -0.3 is 14.8 Å². The van der Waals surface area contributed by atoms with Crippen LogP contribution in [0.15, 0.2) is 66.9 Å². The van der Waals surface area contributed by atoms with Gasteiger partial charge in [-0.25, -0.2) is 8.78 Å². The van der Waals surface area contributed by atoms with Crippen molar-refractivity contribution >= 4 is 11.8 Å². The molecule has 0 radical (unpaired) electrons. The first-order valence-corrected chi connectivity index (χ1v) is 10.0. The summed E-state index contributed by atoms with van der Waals surface area (Å²) in [5, 5.41) is 2.88. The lowest BCUT2D eigenvalue weighted by Crippen LogP contribution is -2.41. The second-order valence-corrected chi connectivity index (χ2v) is 7.47. The molecule has 31 heavy (non-hydrogen) atoms. The first-order valence-electron chi connectivity index (χ1n) is 10.0. The van der Waals surface area contributed by atoms with E-state index >= 15 is 0 Å². The first kappa shape index (κ1) is 22.2. The quantitative estimate of drug-likeness (QED) is 0.597. The van der Waals surface area contributed by atoms with Crippen LogP contribution in [0.1, 0.15) is 32.8 Å². The Kier molecular flexibility index (Phi) is 7.18. The van der Waals surface area contributed by atoms with Crippen LogP contribution >= 0.6 is 0 Å². The topological polar surface area (TPSA) is 54.3 Å². The van der Waals surface area contributed by atoms with Crippen molar-refractivity contribution in [1.29, 1.82) is 0 Å². The summed E-state index contributed by atoms with van der Waals surface area (Å²) < 4.78 is 28.9. The third-order valence-corrected chi connectivity index (χ3v) is 5.23. The molecule has 0 aliphatic carbocycles. The average Bonchev–Trinajstić information content (AvgIpc) is 3.18. The van der Waals surface area contributed by atoms with E-state index in [4.69, 9.17) is 0 Å². The van der Waals surface area contributed by atoms with Gasteiger partial charge >= 0.3 is 0 Å². The Morgan fingerprint density at radius 1 is 1.03 bits per heavy atom. The number of hydrogen-bond acceptors (Lipinski definition) is 2. The molecule has 7 heteroatoms. The van der Waals surface area contributed by atoms with Gasteiger partial charge in [0.05, 0.1) is 0 Å². The van der Waals surface area contributed by atoms with Crippen molar-refractivity contribution in [1.82, 2.24) is 14.8 Å². The van der Waals surface area contributed by atoms with Gasteiger partial charge in [-0.3, -0.25) is 9.59 Å². The number of carbonyl (C=O) groups excluding carboxylic acids is 2. The second-order valence-electron chi connectivity index (χ2n) is 7.47. The highest BCUT2D eigenvalue weighted by molar-refractivity contribution is 5.94. The minimum Gasteiger partial charge on any atom is -0.351 e. The van der Waals surface area contributed by atoms with Crippen molar-refractivity contribution in [2.45, 2.75) is 18.9 Å². The number of halogens is 2. The summed E-state index contributed by atoms with van der Waals surface area (Å²) in [6.07, 6.45) is 2.81. The predicted octanol–water partition coefficient (Wildman–Crippen LogP) is 3.81. The zero-order valence-electron chi connectivity index (χ0n) is 17.5. The van der Waals surface area contributed by atoms with Crippen LogP contribution in [0, 0.1) is 11.6 Å². The number of aromatic nitrogens is 1. The molecule has 0 aliphatic heterocycles. The molecule has 3 rings (SSSR count). The number of carbonyl (C=O) groups is 2. The van der Waals surface area contributed by atoms with E-state index in [1.165, 1.54) is 4.90 Å². The molecule has 162 valence electrons. The van der Waals surface area contributed by atoms with Gasteiger partial charge in [0.15, 0.2) is 0 Å². The lowest BCUT2D eigenvalue weighted by atomic mass is 10.0. The van der Waals surface area contributed by atoms with Gasteiger partial charge in [-0.1, -0.05) is 30.3 Å². The molecule has 0 saturated carbocycles. The Bertz CT molecular complexity index is 1030. The predicted molar refractivity (Wildman–Crippen MR) is 115 cm³/mol. The summed E-state index contributed by atoms with van der Waals surface area (Å²) in [5.74, 6) is -2.28. The Morgan fingerprint density at radius 2 is 1.71 bits per heavy atom. The smallest absolute Gasteiger partial charge is 0.267 e. The lowest BCUT2D eigenvalue weighted by molar-refractivity contribution is 0.0721. The maximum atomic E-state index is 13.6. The van der Waals surface area contributed by atoms with E-state index in [0.717, 1.165) is 23.8 Å². The molecule has 0 bridgehead atoms. The number of nitrogens with zero attached hydrogens (tertiary/aromatic N) is 2. The van der Waals surface area contributed by atoms with Gasteiger partial charge in [0.25, 0.3) is 11.8 Å². The maximum absolute atomic E-state index is 13.6. The third kappa shape index (κ3) is 5.78. The van der Waals surface area contributed by atoms with Gasteiger partial charge in [0.1, 0.15) is 17.3 Å². The number of amides is 2. The Morgan fingerprint density at radius 3 is 2.32 bits per heavy atom. The molecule has 5 nitrogen and oxygen atoms in total. The fourth-order valence-corrected chi connectivity index (χ4v) is 3.51. The molecule has 3 aromatic rings. The highest BCUT2D eigenvalue weighted by atomic mass is 19.1. The van der Waals surface area contributed by atoms with Gasteiger partial charge in [-0.2, -0.15) is 0 Å². The van der Waals surface area contributed by atoms with Gasteiger partial charge in [0.2, 0.25) is 0 Å². The van der Waals surface area contributed by atoms with Crippen LogP contribution in [-0.2, 0) is 13.5 Å². The summed E-state index contributed by atoms with van der Waals surface area (Å²) in [4.78, 5) is 26.8. The Labute approximate surface area is 180 Å². The van der Waals surface area contributed by atoms with Crippen molar-refractivity contribution in [2.24, 2.45) is 7.05 Å². The molecule has 2 aromatic carbocycles. The number of hydrogen-bond donors (Lipinski definition) is 1. The van der Waals surface area contributed by atoms with Gasteiger partial charge in [-0.05, 0) is 42.7 Å². The largest absolute Gasteiger partial charge is 0.351 e. The number of likely N-dealkylation sites (N-methyl/N-ethyl adjacent to an activating group) is 1. The van der Waals surface area contributed by atoms with Crippen LogP contribution in [0.2, 0.25) is 0 Å². The fraction of sp³-hybridized carbons (Fsp3) is 0.250. The van der Waals surface area contributed by atoms with E-state index in [1.54, 1.807) is 37.0 Å². The van der Waals surface area contributed by atoms with E-state index < -0.39 is 17.5 Å². The fourth-order valence-electron chi connectivity index (χ4n) is 3.51. The maximum Gasteiger partial charge on any atom is 0.267 e. The molecular formula is C24H25F2N3O2. The third-order valence-electron chi connectivity index (χ3n) is 5.23. The second kappa shape index (κ2) is 10.0. The molecule has 0 fully saturated rings. The number of nitrogens with one attached hydrogen (secondary N) is 1. The summed E-state index contributed by atoms with van der Waals surface area (Å²) in [5.41, 5.74) is 1.51. The number of benzene rings is 2. The average molecular weight is 425 g/mol. The van der Waals surface area contributed by atoms with Crippen molar-refractivity contribution in [3.8, 4) is 0 Å². The molecule has 0 aliphatic rings. The van der Waals surface area contributed by atoms with E-state index in [9.17, 15) is 18.4 Å². The SMILES string of the molecule is CN(C(=O)c1cc(F)cc(F)c1)[C@H](CCNC(=O)c1cccn1C)Cc1ccccc1. The molecule has 1 N–H and O–H groups in total. The first-order chi connectivity index (χ1) is 14.8. The molecule has 1 heterocycles. The van der Waals surface area contributed by atoms with Crippen molar-refractivity contribution in [2.75, 3.05) is 13.6 Å². The molecular weight excluding hydrogens is 400 g/mol. The van der Waals surface area contributed by atoms with Crippen molar-refractivity contribution in [3.63, 3.8) is 0 Å². The molecule has 1 aromatic heterocycles. The van der Waals surface area contributed by atoms with Crippen LogP contribution in [0.3, 0.4) is 0 Å². The molecule has 1 atom stereocenters. The summed E-state index contributed by atoms with van der Waals surface area (Å²) in [7, 11) is 3.40. The normalized spacial score (nSPS) is 11.7. The van der Waals surface area contributed by atoms with Gasteiger partial charge in [-0.15, -0.1) is 0 Å². The van der Waals surface area contributed by atoms with E-state index in [-0.39, 0.29) is 17.5 Å². The van der Waals surface area contributed by atoms with Crippen LogP contribution in [0.4, 0.5) is 8.78 Å². The molecule has 2 amide bonds. The Hall–Kier alpha value is -3.48. The zero-order valence-corrected chi connectivity index (χ0v) is 17.5. The molecule has 0 spiro atoms. The lowest BCUT2D eigenvalue weighted by Gasteiger charge is -2.29. The standard InChI is InChI=1S/C24H25F2N3O2/c1-28-12-6-9-22(28)23(30)27-11-10-21(13-17-7-4-3-5-8-17)29(2)24(31)18-14-19(25)16-20(26)15-18/h3-9,12,14-16,21H,10-11,13H2,1-2H3,(H,27,30)/t21-/m1/s1. The molecule has 0 saturated heterocycles. The highest BCUT2D eigenvalue weighted by Crippen LogP contribution is 2.16. The Balaban J connectivity index is 1.73. The van der Waals surface area contributed by atoms with Crippen LogP contribution < -0.4 is 5.32 Å². The van der Waals surface area contributed by atoms with Crippen LogP contribution in [0.5, 0.6) is 0 Å². The summed E-state index contributed by atoms with van der Waals surface area (Å²) in [6, 6.07) is 15.7.